The summed E-state index contributed by atoms with van der Waals surface area (Å²) in [4.78, 5) is 0. The van der Waals surface area contributed by atoms with E-state index in [9.17, 15) is 10.2 Å². The van der Waals surface area contributed by atoms with E-state index in [4.69, 9.17) is 23.7 Å². The molecule has 0 heterocycles. The van der Waals surface area contributed by atoms with Crippen molar-refractivity contribution in [1.29, 1.82) is 0 Å². The second-order valence-corrected chi connectivity index (χ2v) is 12.0. The van der Waals surface area contributed by atoms with Crippen molar-refractivity contribution in [3.63, 3.8) is 0 Å². The van der Waals surface area contributed by atoms with Crippen LogP contribution in [0, 0.1) is 11.8 Å². The fourth-order valence-electron chi connectivity index (χ4n) is 5.19. The standard InChI is InChI=1S/C38H56O7/c1-5-9-14-29(7-3)23-41-25-32(39)27-43-35-19-20-36-31(22-35)18-21-37(38(36)45-34-16-12-11-13-17-34)44-28-33(40)26-42-24-30(8-4)15-10-6-2/h11-13,16-22,29-30,32-33,39-40H,5-10,14-15,23-28H2,1-4H3. The minimum atomic E-state index is -0.760. The van der Waals surface area contributed by atoms with E-state index in [0.29, 0.717) is 48.0 Å². The average molecular weight is 625 g/mol. The number of benzene rings is 3. The molecule has 250 valence electrons. The highest BCUT2D eigenvalue weighted by Gasteiger charge is 2.16. The topological polar surface area (TPSA) is 86.6 Å². The summed E-state index contributed by atoms with van der Waals surface area (Å²) in [6.07, 6.45) is 7.76. The van der Waals surface area contributed by atoms with Crippen LogP contribution in [0.3, 0.4) is 0 Å². The maximum Gasteiger partial charge on any atom is 0.177 e. The molecule has 7 nitrogen and oxygen atoms in total. The Bertz CT molecular complexity index is 1200. The van der Waals surface area contributed by atoms with Gasteiger partial charge in [-0.15, -0.1) is 0 Å². The zero-order valence-electron chi connectivity index (χ0n) is 27.9. The number of ether oxygens (including phenoxy) is 5. The highest BCUT2D eigenvalue weighted by molar-refractivity contribution is 5.92. The van der Waals surface area contributed by atoms with E-state index < -0.39 is 12.2 Å². The summed E-state index contributed by atoms with van der Waals surface area (Å²) < 4.78 is 30.0. The summed E-state index contributed by atoms with van der Waals surface area (Å²) in [6.45, 7) is 10.8. The zero-order chi connectivity index (χ0) is 32.3. The van der Waals surface area contributed by atoms with Gasteiger partial charge in [0.15, 0.2) is 11.5 Å². The van der Waals surface area contributed by atoms with Crippen LogP contribution in [0.25, 0.3) is 10.8 Å². The smallest absolute Gasteiger partial charge is 0.177 e. The molecule has 0 aromatic heterocycles. The molecule has 0 aliphatic carbocycles. The van der Waals surface area contributed by atoms with E-state index in [-0.39, 0.29) is 26.4 Å². The van der Waals surface area contributed by atoms with Gasteiger partial charge in [-0.3, -0.25) is 0 Å². The first kappa shape index (κ1) is 36.6. The van der Waals surface area contributed by atoms with E-state index in [1.165, 1.54) is 25.7 Å². The first-order valence-electron chi connectivity index (χ1n) is 17.0. The lowest BCUT2D eigenvalue weighted by Gasteiger charge is -2.19. The summed E-state index contributed by atoms with van der Waals surface area (Å²) in [5.41, 5.74) is 0. The van der Waals surface area contributed by atoms with Crippen LogP contribution in [-0.4, -0.2) is 62.1 Å². The molecular formula is C38H56O7. The van der Waals surface area contributed by atoms with Gasteiger partial charge in [-0.25, -0.2) is 0 Å². The number of aliphatic hydroxyl groups excluding tert-OH is 2. The predicted octanol–water partition coefficient (Wildman–Crippen LogP) is 8.58. The van der Waals surface area contributed by atoms with Crippen LogP contribution >= 0.6 is 0 Å². The Labute approximate surface area is 270 Å². The number of unbranched alkanes of at least 4 members (excludes halogenated alkanes) is 2. The molecule has 0 spiro atoms. The predicted molar refractivity (Wildman–Crippen MR) is 182 cm³/mol. The first-order chi connectivity index (χ1) is 22.0. The molecular weight excluding hydrogens is 568 g/mol. The van der Waals surface area contributed by atoms with Crippen LogP contribution in [0.4, 0.5) is 0 Å². The molecule has 3 aromatic rings. The second-order valence-electron chi connectivity index (χ2n) is 12.0. The number of aliphatic hydroxyl groups is 2. The van der Waals surface area contributed by atoms with E-state index in [1.54, 1.807) is 0 Å². The van der Waals surface area contributed by atoms with E-state index in [1.807, 2.05) is 60.7 Å². The molecule has 3 aromatic carbocycles. The van der Waals surface area contributed by atoms with Crippen LogP contribution in [0.2, 0.25) is 0 Å². The van der Waals surface area contributed by atoms with Gasteiger partial charge in [0.2, 0.25) is 0 Å². The SMILES string of the molecule is CCCCC(CC)COCC(O)COc1ccc2c(Oc3ccccc3)c(OCC(O)COCC(CC)CCCC)ccc2c1. The Balaban J connectivity index is 1.61. The second kappa shape index (κ2) is 21.0. The summed E-state index contributed by atoms with van der Waals surface area (Å²) in [5.74, 6) is 3.47. The third-order valence-electron chi connectivity index (χ3n) is 8.16. The fourth-order valence-corrected chi connectivity index (χ4v) is 5.19. The van der Waals surface area contributed by atoms with Crippen molar-refractivity contribution in [2.75, 3.05) is 39.6 Å². The molecule has 0 saturated carbocycles. The van der Waals surface area contributed by atoms with Crippen molar-refractivity contribution in [2.24, 2.45) is 11.8 Å². The van der Waals surface area contributed by atoms with Gasteiger partial charge in [0, 0.05) is 18.6 Å². The normalized spacial score (nSPS) is 14.2. The Morgan fingerprint density at radius 2 is 1.20 bits per heavy atom. The van der Waals surface area contributed by atoms with Gasteiger partial charge in [0.05, 0.1) is 13.2 Å². The molecule has 4 atom stereocenters. The minimum Gasteiger partial charge on any atom is -0.491 e. The average Bonchev–Trinajstić information content (AvgIpc) is 3.06. The van der Waals surface area contributed by atoms with Gasteiger partial charge in [-0.2, -0.15) is 0 Å². The van der Waals surface area contributed by atoms with Crippen molar-refractivity contribution in [1.82, 2.24) is 0 Å². The van der Waals surface area contributed by atoms with Gasteiger partial charge < -0.3 is 33.9 Å². The van der Waals surface area contributed by atoms with Crippen LogP contribution in [-0.2, 0) is 9.47 Å². The number of hydrogen-bond donors (Lipinski definition) is 2. The maximum atomic E-state index is 10.6. The quantitative estimate of drug-likeness (QED) is 0.103. The van der Waals surface area contributed by atoms with Gasteiger partial charge in [-0.05, 0) is 66.5 Å². The monoisotopic (exact) mass is 624 g/mol. The number of hydrogen-bond acceptors (Lipinski definition) is 7. The molecule has 0 fully saturated rings. The molecule has 0 bridgehead atoms. The van der Waals surface area contributed by atoms with Crippen molar-refractivity contribution < 1.29 is 33.9 Å². The summed E-state index contributed by atoms with van der Waals surface area (Å²) in [6, 6.07) is 19.1. The summed E-state index contributed by atoms with van der Waals surface area (Å²) in [5, 5.41) is 22.8. The highest BCUT2D eigenvalue weighted by atomic mass is 16.5. The van der Waals surface area contributed by atoms with E-state index in [0.717, 1.165) is 36.5 Å². The highest BCUT2D eigenvalue weighted by Crippen LogP contribution is 2.40. The van der Waals surface area contributed by atoms with Crippen LogP contribution in [0.1, 0.15) is 79.1 Å². The third-order valence-corrected chi connectivity index (χ3v) is 8.16. The molecule has 2 N–H and O–H groups in total. The molecule has 0 aliphatic rings. The molecule has 4 unspecified atom stereocenters. The first-order valence-corrected chi connectivity index (χ1v) is 17.0. The van der Waals surface area contributed by atoms with Gasteiger partial charge in [-0.1, -0.05) is 90.5 Å². The Kier molecular flexibility index (Phi) is 17.1. The minimum absolute atomic E-state index is 0.0845. The number of rotatable bonds is 24. The lowest BCUT2D eigenvalue weighted by atomic mass is 10.0. The molecule has 0 saturated heterocycles. The van der Waals surface area contributed by atoms with Crippen molar-refractivity contribution in [3.8, 4) is 23.0 Å². The van der Waals surface area contributed by atoms with Crippen molar-refractivity contribution in [3.05, 3.63) is 60.7 Å². The number of para-hydroxylation sites is 1. The van der Waals surface area contributed by atoms with Crippen LogP contribution < -0.4 is 14.2 Å². The van der Waals surface area contributed by atoms with Crippen LogP contribution in [0.15, 0.2) is 60.7 Å². The van der Waals surface area contributed by atoms with Crippen molar-refractivity contribution in [2.45, 2.75) is 91.3 Å². The molecule has 7 heteroatoms. The van der Waals surface area contributed by atoms with Gasteiger partial charge in [0.25, 0.3) is 0 Å². The Morgan fingerprint density at radius 3 is 1.78 bits per heavy atom. The Hall–Kier alpha value is -2.84. The molecule has 45 heavy (non-hydrogen) atoms. The largest absolute Gasteiger partial charge is 0.491 e. The maximum absolute atomic E-state index is 10.6. The Morgan fingerprint density at radius 1 is 0.600 bits per heavy atom. The molecule has 0 aliphatic heterocycles. The third kappa shape index (κ3) is 13.2. The number of fused-ring (bicyclic) bond motifs is 1. The fraction of sp³-hybridized carbons (Fsp3) is 0.579. The molecule has 3 rings (SSSR count). The molecule has 0 amide bonds. The van der Waals surface area contributed by atoms with Gasteiger partial charge >= 0.3 is 0 Å². The lowest BCUT2D eigenvalue weighted by Crippen LogP contribution is -2.25. The summed E-state index contributed by atoms with van der Waals surface area (Å²) >= 11 is 0. The van der Waals surface area contributed by atoms with E-state index >= 15 is 0 Å². The van der Waals surface area contributed by atoms with Crippen molar-refractivity contribution >= 4 is 10.8 Å². The summed E-state index contributed by atoms with van der Waals surface area (Å²) in [7, 11) is 0. The zero-order valence-corrected chi connectivity index (χ0v) is 27.9. The van der Waals surface area contributed by atoms with E-state index in [2.05, 4.69) is 27.7 Å². The molecule has 0 radical (unpaired) electrons. The van der Waals surface area contributed by atoms with Gasteiger partial charge in [0.1, 0.15) is 36.9 Å². The van der Waals surface area contributed by atoms with Crippen LogP contribution in [0.5, 0.6) is 23.0 Å². The lowest BCUT2D eigenvalue weighted by molar-refractivity contribution is -0.00135.